The normalized spacial score (nSPS) is 15.2. The number of rotatable bonds is 3. The number of nitrogens with zero attached hydrogens (tertiary/aromatic N) is 2. The van der Waals surface area contributed by atoms with Gasteiger partial charge in [-0.2, -0.15) is 0 Å². The van der Waals surface area contributed by atoms with Crippen LogP contribution in [0, 0.1) is 5.92 Å². The monoisotopic (exact) mass is 236 g/mol. The van der Waals surface area contributed by atoms with E-state index in [1.807, 2.05) is 4.90 Å². The van der Waals surface area contributed by atoms with E-state index in [-0.39, 0.29) is 11.6 Å². The van der Waals surface area contributed by atoms with Crippen molar-refractivity contribution >= 4 is 17.6 Å². The Kier molecular flexibility index (Phi) is 2.95. The number of hydrogen-bond acceptors (Lipinski definition) is 5. The number of hydrogen-bond donors (Lipinski definition) is 1. The summed E-state index contributed by atoms with van der Waals surface area (Å²) in [6.45, 7) is 0.917. The molecule has 0 atom stereocenters. The van der Waals surface area contributed by atoms with Gasteiger partial charge in [0.1, 0.15) is 5.69 Å². The number of carboxylic acid groups (broad SMARTS) is 1. The van der Waals surface area contributed by atoms with Crippen LogP contribution in [-0.4, -0.2) is 42.2 Å². The highest BCUT2D eigenvalue weighted by Crippen LogP contribution is 2.24. The van der Waals surface area contributed by atoms with Gasteiger partial charge in [0, 0.05) is 25.0 Å². The average molecular weight is 236 g/mol. The van der Waals surface area contributed by atoms with Gasteiger partial charge in [-0.05, 0) is 12.1 Å². The van der Waals surface area contributed by atoms with Crippen LogP contribution in [-0.2, 0) is 9.53 Å². The largest absolute Gasteiger partial charge is 0.481 e. The molecule has 1 aliphatic heterocycles. The number of ether oxygens (including phenoxy) is 1. The van der Waals surface area contributed by atoms with E-state index in [0.717, 1.165) is 5.69 Å². The van der Waals surface area contributed by atoms with Crippen molar-refractivity contribution in [1.82, 2.24) is 4.98 Å². The highest BCUT2D eigenvalue weighted by Gasteiger charge is 2.32. The number of aromatic nitrogens is 1. The molecule has 17 heavy (non-hydrogen) atoms. The van der Waals surface area contributed by atoms with E-state index in [0.29, 0.717) is 13.1 Å². The zero-order chi connectivity index (χ0) is 12.4. The third kappa shape index (κ3) is 2.20. The SMILES string of the molecule is COC(=O)c1cc(N2CC(C(=O)O)C2)ccn1. The number of anilines is 1. The number of methoxy groups -OCH3 is 1. The second-order valence-corrected chi connectivity index (χ2v) is 3.83. The van der Waals surface area contributed by atoms with Crippen molar-refractivity contribution in [3.63, 3.8) is 0 Å². The Balaban J connectivity index is 2.08. The van der Waals surface area contributed by atoms with Crippen LogP contribution in [0.5, 0.6) is 0 Å². The second-order valence-electron chi connectivity index (χ2n) is 3.83. The first-order valence-electron chi connectivity index (χ1n) is 5.14. The smallest absolute Gasteiger partial charge is 0.356 e. The van der Waals surface area contributed by atoms with E-state index in [9.17, 15) is 9.59 Å². The van der Waals surface area contributed by atoms with Crippen molar-refractivity contribution in [3.8, 4) is 0 Å². The number of carboxylic acids is 1. The fourth-order valence-corrected chi connectivity index (χ4v) is 1.68. The van der Waals surface area contributed by atoms with Gasteiger partial charge in [-0.3, -0.25) is 4.79 Å². The lowest BCUT2D eigenvalue weighted by Gasteiger charge is -2.38. The van der Waals surface area contributed by atoms with Gasteiger partial charge >= 0.3 is 11.9 Å². The van der Waals surface area contributed by atoms with Crippen LogP contribution in [0.2, 0.25) is 0 Å². The molecule has 1 aromatic heterocycles. The maximum atomic E-state index is 11.3. The number of aliphatic carboxylic acids is 1. The molecule has 1 saturated heterocycles. The lowest BCUT2D eigenvalue weighted by Crippen LogP contribution is -2.50. The summed E-state index contributed by atoms with van der Waals surface area (Å²) in [7, 11) is 1.29. The molecule has 1 aromatic rings. The summed E-state index contributed by atoms with van der Waals surface area (Å²) in [4.78, 5) is 27.7. The number of carbonyl (C=O) groups excluding carboxylic acids is 1. The molecule has 0 saturated carbocycles. The van der Waals surface area contributed by atoms with E-state index < -0.39 is 11.9 Å². The van der Waals surface area contributed by atoms with E-state index >= 15 is 0 Å². The molecule has 0 spiro atoms. The Labute approximate surface area is 97.8 Å². The van der Waals surface area contributed by atoms with Gasteiger partial charge in [-0.15, -0.1) is 0 Å². The van der Waals surface area contributed by atoms with Gasteiger partial charge in [-0.25, -0.2) is 9.78 Å². The highest BCUT2D eigenvalue weighted by molar-refractivity contribution is 5.88. The van der Waals surface area contributed by atoms with E-state index in [1.54, 1.807) is 12.1 Å². The first kappa shape index (κ1) is 11.4. The topological polar surface area (TPSA) is 79.7 Å². The number of pyridine rings is 1. The summed E-state index contributed by atoms with van der Waals surface area (Å²) in [5, 5.41) is 8.77. The van der Waals surface area contributed by atoms with Crippen molar-refractivity contribution in [2.24, 2.45) is 5.92 Å². The Bertz CT molecular complexity index is 455. The summed E-state index contributed by atoms with van der Waals surface area (Å²) in [6, 6.07) is 3.34. The predicted molar refractivity (Wildman–Crippen MR) is 58.9 cm³/mol. The molecule has 6 nitrogen and oxygen atoms in total. The van der Waals surface area contributed by atoms with E-state index in [4.69, 9.17) is 5.11 Å². The molecular formula is C11H12N2O4. The Morgan fingerprint density at radius 1 is 1.53 bits per heavy atom. The minimum absolute atomic E-state index is 0.226. The lowest BCUT2D eigenvalue weighted by molar-refractivity contribution is -0.142. The molecule has 1 N–H and O–H groups in total. The third-order valence-corrected chi connectivity index (χ3v) is 2.73. The van der Waals surface area contributed by atoms with Crippen LogP contribution < -0.4 is 4.90 Å². The second kappa shape index (κ2) is 4.40. The molecule has 0 radical (unpaired) electrons. The molecule has 6 heteroatoms. The van der Waals surface area contributed by atoms with Crippen molar-refractivity contribution in [3.05, 3.63) is 24.0 Å². The standard InChI is InChI=1S/C11H12N2O4/c1-17-11(16)9-4-8(2-3-12-9)13-5-7(6-13)10(14)15/h2-4,7H,5-6H2,1H3,(H,14,15). The van der Waals surface area contributed by atoms with Crippen LogP contribution in [0.25, 0.3) is 0 Å². The van der Waals surface area contributed by atoms with Crippen molar-refractivity contribution < 1.29 is 19.4 Å². The summed E-state index contributed by atoms with van der Waals surface area (Å²) < 4.78 is 4.57. The molecule has 0 aromatic carbocycles. The Hall–Kier alpha value is -2.11. The average Bonchev–Trinajstić information content (AvgIpc) is 2.26. The molecule has 0 aliphatic carbocycles. The maximum absolute atomic E-state index is 11.3. The van der Waals surface area contributed by atoms with E-state index in [1.165, 1.54) is 13.3 Å². The zero-order valence-electron chi connectivity index (χ0n) is 9.29. The molecule has 2 heterocycles. The molecule has 2 rings (SSSR count). The summed E-state index contributed by atoms with van der Waals surface area (Å²) in [5.41, 5.74) is 1.02. The van der Waals surface area contributed by atoms with Crippen LogP contribution in [0.15, 0.2) is 18.3 Å². The lowest BCUT2D eigenvalue weighted by atomic mass is 10.00. The first-order valence-corrected chi connectivity index (χ1v) is 5.14. The van der Waals surface area contributed by atoms with Crippen LogP contribution in [0.4, 0.5) is 5.69 Å². The van der Waals surface area contributed by atoms with Crippen molar-refractivity contribution in [2.75, 3.05) is 25.1 Å². The number of esters is 1. The van der Waals surface area contributed by atoms with Gasteiger partial charge in [0.15, 0.2) is 0 Å². The molecular weight excluding hydrogens is 224 g/mol. The highest BCUT2D eigenvalue weighted by atomic mass is 16.5. The first-order chi connectivity index (χ1) is 8.11. The fourth-order valence-electron chi connectivity index (χ4n) is 1.68. The summed E-state index contributed by atoms with van der Waals surface area (Å²) in [6.07, 6.45) is 1.51. The minimum atomic E-state index is -0.788. The molecule has 90 valence electrons. The van der Waals surface area contributed by atoms with Gasteiger partial charge in [0.25, 0.3) is 0 Å². The van der Waals surface area contributed by atoms with Crippen LogP contribution in [0.1, 0.15) is 10.5 Å². The van der Waals surface area contributed by atoms with Gasteiger partial charge in [0.05, 0.1) is 13.0 Å². The minimum Gasteiger partial charge on any atom is -0.481 e. The summed E-state index contributed by atoms with van der Waals surface area (Å²) in [5.74, 6) is -1.62. The van der Waals surface area contributed by atoms with Crippen LogP contribution in [0.3, 0.4) is 0 Å². The van der Waals surface area contributed by atoms with Crippen molar-refractivity contribution in [2.45, 2.75) is 0 Å². The molecule has 1 fully saturated rings. The molecule has 0 unspecified atom stereocenters. The Morgan fingerprint density at radius 3 is 2.82 bits per heavy atom. The summed E-state index contributed by atoms with van der Waals surface area (Å²) >= 11 is 0. The predicted octanol–water partition coefficient (Wildman–Crippen LogP) is 0.389. The van der Waals surface area contributed by atoms with Gasteiger partial charge in [-0.1, -0.05) is 0 Å². The molecule has 1 aliphatic rings. The quantitative estimate of drug-likeness (QED) is 0.765. The third-order valence-electron chi connectivity index (χ3n) is 2.73. The van der Waals surface area contributed by atoms with E-state index in [2.05, 4.69) is 9.72 Å². The number of carbonyl (C=O) groups is 2. The fraction of sp³-hybridized carbons (Fsp3) is 0.364. The maximum Gasteiger partial charge on any atom is 0.356 e. The Morgan fingerprint density at radius 2 is 2.24 bits per heavy atom. The van der Waals surface area contributed by atoms with Crippen molar-refractivity contribution in [1.29, 1.82) is 0 Å². The van der Waals surface area contributed by atoms with Gasteiger partial charge in [0.2, 0.25) is 0 Å². The van der Waals surface area contributed by atoms with Crippen LogP contribution >= 0.6 is 0 Å². The van der Waals surface area contributed by atoms with Gasteiger partial charge < -0.3 is 14.7 Å². The molecule has 0 bridgehead atoms. The molecule has 0 amide bonds. The zero-order valence-corrected chi connectivity index (χ0v) is 9.29.